The lowest BCUT2D eigenvalue weighted by atomic mass is 10.1. The predicted octanol–water partition coefficient (Wildman–Crippen LogP) is 0.432. The zero-order valence-electron chi connectivity index (χ0n) is 11.9. The zero-order valence-corrected chi connectivity index (χ0v) is 11.9. The van der Waals surface area contributed by atoms with E-state index in [0.29, 0.717) is 19.2 Å². The van der Waals surface area contributed by atoms with Crippen molar-refractivity contribution in [2.75, 3.05) is 46.3 Å². The quantitative estimate of drug-likeness (QED) is 0.753. The fourth-order valence-electron chi connectivity index (χ4n) is 3.02. The topological polar surface area (TPSA) is 39.7 Å². The van der Waals surface area contributed by atoms with E-state index in [4.69, 9.17) is 0 Å². The molecule has 1 amide bonds. The molecule has 2 fully saturated rings. The number of piperazine rings is 2. The van der Waals surface area contributed by atoms with Gasteiger partial charge in [0.25, 0.3) is 5.91 Å². The van der Waals surface area contributed by atoms with Gasteiger partial charge in [0.05, 0.1) is 6.20 Å². The zero-order chi connectivity index (χ0) is 15.0. The molecule has 3 rings (SSSR count). The number of hydrogen-bond acceptors (Lipinski definition) is 4. The molecule has 0 aliphatic carbocycles. The van der Waals surface area contributed by atoms with E-state index < -0.39 is 17.5 Å². The second-order valence-electron chi connectivity index (χ2n) is 5.69. The Morgan fingerprint density at radius 3 is 2.76 bits per heavy atom. The third kappa shape index (κ3) is 2.89. The van der Waals surface area contributed by atoms with Crippen LogP contribution in [0.4, 0.5) is 8.78 Å². The molecule has 2 aliphatic heterocycles. The van der Waals surface area contributed by atoms with Gasteiger partial charge in [0.2, 0.25) is 0 Å². The predicted molar refractivity (Wildman–Crippen MR) is 72.9 cm³/mol. The molecule has 21 heavy (non-hydrogen) atoms. The van der Waals surface area contributed by atoms with Gasteiger partial charge in [0.15, 0.2) is 11.5 Å². The van der Waals surface area contributed by atoms with Gasteiger partial charge in [-0.15, -0.1) is 0 Å². The largest absolute Gasteiger partial charge is 0.334 e. The molecule has 0 aromatic carbocycles. The second kappa shape index (κ2) is 5.65. The highest BCUT2D eigenvalue weighted by molar-refractivity contribution is 5.92. The van der Waals surface area contributed by atoms with E-state index in [1.807, 2.05) is 0 Å². The number of carbonyl (C=O) groups is 1. The van der Waals surface area contributed by atoms with E-state index in [0.717, 1.165) is 32.4 Å². The van der Waals surface area contributed by atoms with Crippen LogP contribution in [0, 0.1) is 11.6 Å². The summed E-state index contributed by atoms with van der Waals surface area (Å²) in [5.41, 5.74) is -0.297. The normalized spacial score (nSPS) is 24.0. The molecule has 0 spiro atoms. The van der Waals surface area contributed by atoms with Gasteiger partial charge in [-0.05, 0) is 7.05 Å². The van der Waals surface area contributed by atoms with Crippen LogP contribution in [0.3, 0.4) is 0 Å². The number of pyridine rings is 1. The number of amides is 1. The van der Waals surface area contributed by atoms with Crippen LogP contribution in [-0.2, 0) is 0 Å². The van der Waals surface area contributed by atoms with Crippen molar-refractivity contribution in [1.82, 2.24) is 19.7 Å². The first-order valence-electron chi connectivity index (χ1n) is 7.07. The van der Waals surface area contributed by atoms with E-state index in [1.165, 1.54) is 0 Å². The smallest absolute Gasteiger partial charge is 0.275 e. The minimum absolute atomic E-state index is 0.268. The Morgan fingerprint density at radius 1 is 1.24 bits per heavy atom. The lowest BCUT2D eigenvalue weighted by Gasteiger charge is -2.46. The van der Waals surface area contributed by atoms with Crippen LogP contribution < -0.4 is 0 Å². The Bertz CT molecular complexity index is 554. The van der Waals surface area contributed by atoms with Crippen LogP contribution in [0.1, 0.15) is 10.5 Å². The van der Waals surface area contributed by atoms with Gasteiger partial charge in [0, 0.05) is 51.4 Å². The molecule has 3 heterocycles. The summed E-state index contributed by atoms with van der Waals surface area (Å²) in [5.74, 6) is -2.13. The first-order valence-corrected chi connectivity index (χ1v) is 7.07. The summed E-state index contributed by atoms with van der Waals surface area (Å²) < 4.78 is 26.6. The molecule has 1 aromatic heterocycles. The second-order valence-corrected chi connectivity index (χ2v) is 5.69. The van der Waals surface area contributed by atoms with Crippen molar-refractivity contribution in [3.8, 4) is 0 Å². The van der Waals surface area contributed by atoms with Gasteiger partial charge in [0.1, 0.15) is 5.82 Å². The number of hydrogen-bond donors (Lipinski definition) is 0. The Hall–Kier alpha value is -1.60. The molecule has 7 heteroatoms. The van der Waals surface area contributed by atoms with Crippen molar-refractivity contribution in [2.24, 2.45) is 0 Å². The molecular formula is C14H18F2N4O. The number of aromatic nitrogens is 1. The van der Waals surface area contributed by atoms with Crippen molar-refractivity contribution < 1.29 is 13.6 Å². The maximum Gasteiger partial charge on any atom is 0.275 e. The molecular weight excluding hydrogens is 278 g/mol. The van der Waals surface area contributed by atoms with Crippen LogP contribution in [-0.4, -0.2) is 77.9 Å². The number of nitrogens with zero attached hydrogens (tertiary/aromatic N) is 4. The Balaban J connectivity index is 1.73. The third-order valence-corrected chi connectivity index (χ3v) is 4.19. The SMILES string of the molecule is CN1CCN2CCN(C(=O)c3ncc(F)cc3F)C[C@@H]2C1. The number of fused-ring (bicyclic) bond motifs is 1. The molecule has 1 atom stereocenters. The number of carbonyl (C=O) groups excluding carboxylic acids is 1. The summed E-state index contributed by atoms with van der Waals surface area (Å²) in [6.45, 7) is 4.81. The minimum atomic E-state index is -0.900. The van der Waals surface area contributed by atoms with Crippen LogP contribution in [0.5, 0.6) is 0 Å². The van der Waals surface area contributed by atoms with Crippen LogP contribution >= 0.6 is 0 Å². The fourth-order valence-corrected chi connectivity index (χ4v) is 3.02. The lowest BCUT2D eigenvalue weighted by molar-refractivity contribution is 0.0184. The lowest BCUT2D eigenvalue weighted by Crippen LogP contribution is -2.62. The van der Waals surface area contributed by atoms with Crippen molar-refractivity contribution in [3.05, 3.63) is 29.6 Å². The minimum Gasteiger partial charge on any atom is -0.334 e. The first kappa shape index (κ1) is 14.3. The van der Waals surface area contributed by atoms with E-state index in [9.17, 15) is 13.6 Å². The van der Waals surface area contributed by atoms with Crippen molar-refractivity contribution in [2.45, 2.75) is 6.04 Å². The molecule has 0 bridgehead atoms. The van der Waals surface area contributed by atoms with Crippen molar-refractivity contribution in [3.63, 3.8) is 0 Å². The first-order chi connectivity index (χ1) is 10.0. The van der Waals surface area contributed by atoms with Gasteiger partial charge in [-0.3, -0.25) is 9.69 Å². The number of halogens is 2. The van der Waals surface area contributed by atoms with E-state index >= 15 is 0 Å². The summed E-state index contributed by atoms with van der Waals surface area (Å²) in [6, 6.07) is 0.968. The molecule has 2 saturated heterocycles. The van der Waals surface area contributed by atoms with Crippen molar-refractivity contribution in [1.29, 1.82) is 0 Å². The molecule has 0 N–H and O–H groups in total. The average molecular weight is 296 g/mol. The molecule has 5 nitrogen and oxygen atoms in total. The highest BCUT2D eigenvalue weighted by atomic mass is 19.1. The monoisotopic (exact) mass is 296 g/mol. The van der Waals surface area contributed by atoms with Gasteiger partial charge in [-0.1, -0.05) is 0 Å². The number of likely N-dealkylation sites (N-methyl/N-ethyl adjacent to an activating group) is 1. The molecule has 2 aliphatic rings. The van der Waals surface area contributed by atoms with Gasteiger partial charge in [-0.25, -0.2) is 13.8 Å². The van der Waals surface area contributed by atoms with Gasteiger partial charge >= 0.3 is 0 Å². The number of rotatable bonds is 1. The third-order valence-electron chi connectivity index (χ3n) is 4.19. The summed E-state index contributed by atoms with van der Waals surface area (Å²) >= 11 is 0. The van der Waals surface area contributed by atoms with Crippen LogP contribution in [0.15, 0.2) is 12.3 Å². The van der Waals surface area contributed by atoms with E-state index in [-0.39, 0.29) is 11.7 Å². The van der Waals surface area contributed by atoms with Gasteiger partial charge in [-0.2, -0.15) is 0 Å². The summed E-state index contributed by atoms with van der Waals surface area (Å²) in [4.78, 5) is 22.2. The molecule has 0 unspecified atom stereocenters. The summed E-state index contributed by atoms with van der Waals surface area (Å²) in [6.07, 6.45) is 0.876. The fraction of sp³-hybridized carbons (Fsp3) is 0.571. The maximum atomic E-state index is 13.7. The summed E-state index contributed by atoms with van der Waals surface area (Å²) in [5, 5.41) is 0. The average Bonchev–Trinajstić information content (AvgIpc) is 2.46. The Kier molecular flexibility index (Phi) is 3.86. The van der Waals surface area contributed by atoms with Gasteiger partial charge < -0.3 is 9.80 Å². The van der Waals surface area contributed by atoms with Crippen molar-refractivity contribution >= 4 is 5.91 Å². The molecule has 114 valence electrons. The highest BCUT2D eigenvalue weighted by Crippen LogP contribution is 2.17. The van der Waals surface area contributed by atoms with Crippen LogP contribution in [0.25, 0.3) is 0 Å². The Labute approximate surface area is 122 Å². The molecule has 0 saturated carbocycles. The maximum absolute atomic E-state index is 13.7. The van der Waals surface area contributed by atoms with Crippen LogP contribution in [0.2, 0.25) is 0 Å². The molecule has 0 radical (unpaired) electrons. The van der Waals surface area contributed by atoms with E-state index in [2.05, 4.69) is 21.8 Å². The summed E-state index contributed by atoms with van der Waals surface area (Å²) in [7, 11) is 2.05. The molecule has 1 aromatic rings. The Morgan fingerprint density at radius 2 is 2.00 bits per heavy atom. The highest BCUT2D eigenvalue weighted by Gasteiger charge is 2.34. The standard InChI is InChI=1S/C14H18F2N4O/c1-18-2-3-19-4-5-20(9-11(19)8-18)14(21)13-12(16)6-10(15)7-17-13/h6-7,11H,2-5,8-9H2,1H3/t11-/m0/s1. The van der Waals surface area contributed by atoms with E-state index in [1.54, 1.807) is 4.90 Å².